The van der Waals surface area contributed by atoms with Gasteiger partial charge in [0.15, 0.2) is 0 Å². The Morgan fingerprint density at radius 3 is 2.94 bits per heavy atom. The molecule has 3 nitrogen and oxygen atoms in total. The summed E-state index contributed by atoms with van der Waals surface area (Å²) < 4.78 is 7.88. The lowest BCUT2D eigenvalue weighted by Gasteiger charge is -2.21. The van der Waals surface area contributed by atoms with Crippen LogP contribution in [0.3, 0.4) is 0 Å². The van der Waals surface area contributed by atoms with Gasteiger partial charge < -0.3 is 4.74 Å². The first kappa shape index (κ1) is 11.5. The Hall–Kier alpha value is -0.990. The van der Waals surface area contributed by atoms with Crippen LogP contribution in [-0.4, -0.2) is 16.4 Å². The second kappa shape index (κ2) is 4.48. The van der Waals surface area contributed by atoms with Crippen molar-refractivity contribution in [3.05, 3.63) is 11.8 Å². The summed E-state index contributed by atoms with van der Waals surface area (Å²) in [5.41, 5.74) is 1.57. The predicted molar refractivity (Wildman–Crippen MR) is 64.7 cm³/mol. The van der Waals surface area contributed by atoms with Gasteiger partial charge in [-0.2, -0.15) is 0 Å². The molecule has 1 aromatic rings. The molecule has 0 fully saturated rings. The molecule has 0 unspecified atom stereocenters. The van der Waals surface area contributed by atoms with Gasteiger partial charge in [-0.15, -0.1) is 5.10 Å². The molecule has 2 rings (SSSR count). The maximum Gasteiger partial charge on any atom is 0.233 e. The molecule has 0 spiro atoms. The Bertz CT molecular complexity index is 331. The van der Waals surface area contributed by atoms with Crippen LogP contribution in [0.5, 0.6) is 5.88 Å². The van der Waals surface area contributed by atoms with Gasteiger partial charge >= 0.3 is 0 Å². The van der Waals surface area contributed by atoms with Gasteiger partial charge in [0, 0.05) is 18.3 Å². The molecule has 16 heavy (non-hydrogen) atoms. The van der Waals surface area contributed by atoms with Crippen molar-refractivity contribution in [2.45, 2.75) is 53.0 Å². The number of ether oxygens (including phenoxy) is 1. The van der Waals surface area contributed by atoms with Gasteiger partial charge in [0.05, 0.1) is 6.61 Å². The number of rotatable bonds is 4. The summed E-state index contributed by atoms with van der Waals surface area (Å²) in [5.74, 6) is 0.804. The molecule has 0 bridgehead atoms. The molecule has 90 valence electrons. The van der Waals surface area contributed by atoms with Gasteiger partial charge in [-0.3, -0.25) is 4.68 Å². The second-order valence-electron chi connectivity index (χ2n) is 5.46. The molecule has 1 aliphatic rings. The lowest BCUT2D eigenvalue weighted by molar-refractivity contribution is 0.168. The molecule has 0 aliphatic carbocycles. The van der Waals surface area contributed by atoms with Crippen molar-refractivity contribution in [1.82, 2.24) is 9.78 Å². The Morgan fingerprint density at radius 1 is 1.44 bits per heavy atom. The van der Waals surface area contributed by atoms with Crippen molar-refractivity contribution in [3.63, 3.8) is 0 Å². The van der Waals surface area contributed by atoms with Crippen molar-refractivity contribution in [2.75, 3.05) is 6.61 Å². The maximum atomic E-state index is 5.78. The predicted octanol–water partition coefficient (Wildman–Crippen LogP) is 3.03. The van der Waals surface area contributed by atoms with Gasteiger partial charge in [-0.25, -0.2) is 0 Å². The zero-order chi connectivity index (χ0) is 11.6. The van der Waals surface area contributed by atoms with E-state index >= 15 is 0 Å². The van der Waals surface area contributed by atoms with Crippen molar-refractivity contribution in [3.8, 4) is 5.88 Å². The highest BCUT2D eigenvalue weighted by molar-refractivity contribution is 5.17. The third-order valence-corrected chi connectivity index (χ3v) is 3.46. The van der Waals surface area contributed by atoms with Gasteiger partial charge in [0.25, 0.3) is 0 Å². The molecule has 0 amide bonds. The fourth-order valence-electron chi connectivity index (χ4n) is 1.83. The number of fused-ring (bicyclic) bond motifs is 1. The van der Waals surface area contributed by atoms with E-state index < -0.39 is 0 Å². The summed E-state index contributed by atoms with van der Waals surface area (Å²) in [6, 6.07) is 2.10. The molecule has 1 aliphatic heterocycles. The number of aryl methyl sites for hydroxylation is 2. The first-order valence-electron chi connectivity index (χ1n) is 6.30. The molecular weight excluding hydrogens is 200 g/mol. The van der Waals surface area contributed by atoms with Crippen LogP contribution in [0.2, 0.25) is 0 Å². The van der Waals surface area contributed by atoms with Gasteiger partial charge in [0.2, 0.25) is 5.88 Å². The van der Waals surface area contributed by atoms with E-state index in [9.17, 15) is 0 Å². The van der Waals surface area contributed by atoms with Crippen LogP contribution in [-0.2, 0) is 13.0 Å². The Kier molecular flexibility index (Phi) is 3.22. The normalized spacial score (nSPS) is 15.9. The summed E-state index contributed by atoms with van der Waals surface area (Å²) >= 11 is 0. The van der Waals surface area contributed by atoms with E-state index in [4.69, 9.17) is 4.74 Å². The second-order valence-corrected chi connectivity index (χ2v) is 5.46. The highest BCUT2D eigenvalue weighted by atomic mass is 16.5. The fraction of sp³-hybridized carbons (Fsp3) is 0.769. The number of aromatic nitrogens is 2. The molecular formula is C13H22N2O. The SMILES string of the molecule is CCC(C)(C)COc1cc2n(n1)CCCC2. The van der Waals surface area contributed by atoms with E-state index in [-0.39, 0.29) is 5.41 Å². The van der Waals surface area contributed by atoms with Crippen molar-refractivity contribution >= 4 is 0 Å². The minimum atomic E-state index is 0.240. The Morgan fingerprint density at radius 2 is 2.25 bits per heavy atom. The van der Waals surface area contributed by atoms with Crippen LogP contribution in [0.25, 0.3) is 0 Å². The van der Waals surface area contributed by atoms with Crippen LogP contribution in [0.15, 0.2) is 6.07 Å². The standard InChI is InChI=1S/C13H22N2O/c1-4-13(2,3)10-16-12-9-11-7-5-6-8-15(11)14-12/h9H,4-8,10H2,1-3H3. The molecule has 0 atom stereocenters. The zero-order valence-corrected chi connectivity index (χ0v) is 10.6. The summed E-state index contributed by atoms with van der Waals surface area (Å²) in [6.45, 7) is 8.45. The molecule has 0 saturated heterocycles. The monoisotopic (exact) mass is 222 g/mol. The minimum absolute atomic E-state index is 0.240. The van der Waals surface area contributed by atoms with Crippen LogP contribution in [0.1, 0.15) is 45.7 Å². The topological polar surface area (TPSA) is 27.1 Å². The van der Waals surface area contributed by atoms with E-state index in [2.05, 4.69) is 36.6 Å². The van der Waals surface area contributed by atoms with E-state index in [1.54, 1.807) is 0 Å². The summed E-state index contributed by atoms with van der Waals surface area (Å²) in [4.78, 5) is 0. The average Bonchev–Trinajstić information content (AvgIpc) is 2.69. The van der Waals surface area contributed by atoms with Crippen LogP contribution in [0, 0.1) is 5.41 Å². The Labute approximate surface area is 97.8 Å². The smallest absolute Gasteiger partial charge is 0.233 e. The summed E-state index contributed by atoms with van der Waals surface area (Å²) in [6.07, 6.45) is 4.80. The number of hydrogen-bond donors (Lipinski definition) is 0. The molecule has 0 radical (unpaired) electrons. The highest BCUT2D eigenvalue weighted by Crippen LogP contribution is 2.23. The molecule has 0 aromatic carbocycles. The third kappa shape index (κ3) is 2.57. The van der Waals surface area contributed by atoms with E-state index in [1.807, 2.05) is 0 Å². The zero-order valence-electron chi connectivity index (χ0n) is 10.6. The van der Waals surface area contributed by atoms with E-state index in [0.29, 0.717) is 0 Å². The molecule has 2 heterocycles. The van der Waals surface area contributed by atoms with Gasteiger partial charge in [0.1, 0.15) is 0 Å². The maximum absolute atomic E-state index is 5.78. The summed E-state index contributed by atoms with van der Waals surface area (Å²) in [5, 5.41) is 4.48. The van der Waals surface area contributed by atoms with Crippen LogP contribution >= 0.6 is 0 Å². The van der Waals surface area contributed by atoms with Crippen LogP contribution < -0.4 is 4.74 Å². The minimum Gasteiger partial charge on any atom is -0.476 e. The molecule has 3 heteroatoms. The van der Waals surface area contributed by atoms with E-state index in [0.717, 1.165) is 31.9 Å². The lowest BCUT2D eigenvalue weighted by atomic mass is 9.92. The lowest BCUT2D eigenvalue weighted by Crippen LogP contribution is -2.20. The Balaban J connectivity index is 1.97. The summed E-state index contributed by atoms with van der Waals surface area (Å²) in [7, 11) is 0. The molecule has 1 aromatic heterocycles. The number of nitrogens with zero attached hydrogens (tertiary/aromatic N) is 2. The van der Waals surface area contributed by atoms with E-state index in [1.165, 1.54) is 18.5 Å². The average molecular weight is 222 g/mol. The first-order valence-corrected chi connectivity index (χ1v) is 6.30. The van der Waals surface area contributed by atoms with Crippen molar-refractivity contribution < 1.29 is 4.74 Å². The first-order chi connectivity index (χ1) is 7.61. The van der Waals surface area contributed by atoms with Gasteiger partial charge in [-0.05, 0) is 31.1 Å². The number of hydrogen-bond acceptors (Lipinski definition) is 2. The molecule has 0 N–H and O–H groups in total. The van der Waals surface area contributed by atoms with Crippen molar-refractivity contribution in [2.24, 2.45) is 5.41 Å². The van der Waals surface area contributed by atoms with Crippen LogP contribution in [0.4, 0.5) is 0 Å². The molecule has 0 saturated carbocycles. The van der Waals surface area contributed by atoms with Crippen molar-refractivity contribution in [1.29, 1.82) is 0 Å². The fourth-order valence-corrected chi connectivity index (χ4v) is 1.83. The third-order valence-electron chi connectivity index (χ3n) is 3.46. The quantitative estimate of drug-likeness (QED) is 0.783. The van der Waals surface area contributed by atoms with Gasteiger partial charge in [-0.1, -0.05) is 20.8 Å². The largest absolute Gasteiger partial charge is 0.476 e. The highest BCUT2D eigenvalue weighted by Gasteiger charge is 2.18.